The molecule has 16 heavy (non-hydrogen) atoms. The molecule has 1 aromatic rings. The molecule has 2 nitrogen and oxygen atoms in total. The van der Waals surface area contributed by atoms with Gasteiger partial charge in [0.2, 0.25) is 0 Å². The average molecular weight is 215 g/mol. The summed E-state index contributed by atoms with van der Waals surface area (Å²) in [4.78, 5) is 2.36. The maximum atomic E-state index is 5.38. The van der Waals surface area contributed by atoms with Crippen LogP contribution in [-0.2, 0) is 0 Å². The standard InChI is InChI=1S/C14H17NO/c1-3-10-15-11-4-5-14(15)12-6-8-13(16-2)9-7-12/h1,6-9,14H,4-5,10-11H2,2H3. The van der Waals surface area contributed by atoms with E-state index < -0.39 is 0 Å². The highest BCUT2D eigenvalue weighted by Crippen LogP contribution is 2.32. The molecule has 1 saturated heterocycles. The summed E-state index contributed by atoms with van der Waals surface area (Å²) < 4.78 is 5.16. The predicted octanol–water partition coefficient (Wildman–Crippen LogP) is 2.47. The molecule has 1 heterocycles. The fraction of sp³-hybridized carbons (Fsp3) is 0.429. The van der Waals surface area contributed by atoms with Gasteiger partial charge in [-0.25, -0.2) is 0 Å². The lowest BCUT2D eigenvalue weighted by molar-refractivity contribution is 0.290. The number of nitrogens with zero attached hydrogens (tertiary/aromatic N) is 1. The van der Waals surface area contributed by atoms with Crippen LogP contribution in [0.15, 0.2) is 24.3 Å². The molecule has 0 aromatic heterocycles. The van der Waals surface area contributed by atoms with E-state index in [1.165, 1.54) is 18.4 Å². The first-order chi connectivity index (χ1) is 7.85. The molecule has 0 spiro atoms. The molecule has 0 aliphatic carbocycles. The van der Waals surface area contributed by atoms with E-state index in [4.69, 9.17) is 11.2 Å². The van der Waals surface area contributed by atoms with Gasteiger partial charge in [0.25, 0.3) is 0 Å². The second kappa shape index (κ2) is 5.05. The van der Waals surface area contributed by atoms with Crippen LogP contribution in [0, 0.1) is 12.3 Å². The van der Waals surface area contributed by atoms with E-state index in [1.807, 2.05) is 12.1 Å². The Kier molecular flexibility index (Phi) is 3.48. The quantitative estimate of drug-likeness (QED) is 0.718. The van der Waals surface area contributed by atoms with Crippen LogP contribution in [0.25, 0.3) is 0 Å². The Bertz CT molecular complexity index is 377. The van der Waals surface area contributed by atoms with Gasteiger partial charge in [-0.2, -0.15) is 0 Å². The van der Waals surface area contributed by atoms with Gasteiger partial charge in [0.15, 0.2) is 0 Å². The van der Waals surface area contributed by atoms with E-state index >= 15 is 0 Å². The topological polar surface area (TPSA) is 12.5 Å². The number of methoxy groups -OCH3 is 1. The SMILES string of the molecule is C#CCN1CCCC1c1ccc(OC)cc1. The highest BCUT2D eigenvalue weighted by molar-refractivity contribution is 5.29. The molecule has 1 aliphatic heterocycles. The molecule has 1 atom stereocenters. The van der Waals surface area contributed by atoms with Crippen molar-refractivity contribution < 1.29 is 4.74 Å². The van der Waals surface area contributed by atoms with Crippen molar-refractivity contribution in [3.63, 3.8) is 0 Å². The molecule has 0 amide bonds. The Morgan fingerprint density at radius 1 is 1.44 bits per heavy atom. The predicted molar refractivity (Wildman–Crippen MR) is 65.4 cm³/mol. The summed E-state index contributed by atoms with van der Waals surface area (Å²) in [7, 11) is 1.69. The van der Waals surface area contributed by atoms with Crippen molar-refractivity contribution in [2.45, 2.75) is 18.9 Å². The van der Waals surface area contributed by atoms with Crippen molar-refractivity contribution in [1.29, 1.82) is 0 Å². The summed E-state index contributed by atoms with van der Waals surface area (Å²) >= 11 is 0. The summed E-state index contributed by atoms with van der Waals surface area (Å²) in [6, 6.07) is 8.79. The zero-order valence-corrected chi connectivity index (χ0v) is 9.65. The van der Waals surface area contributed by atoms with E-state index in [-0.39, 0.29) is 0 Å². The van der Waals surface area contributed by atoms with Crippen LogP contribution in [0.2, 0.25) is 0 Å². The molecule has 0 saturated carbocycles. The van der Waals surface area contributed by atoms with Crippen molar-refractivity contribution >= 4 is 0 Å². The molecule has 2 heteroatoms. The lowest BCUT2D eigenvalue weighted by Gasteiger charge is -2.22. The van der Waals surface area contributed by atoms with Gasteiger partial charge in [-0.3, -0.25) is 4.90 Å². The summed E-state index contributed by atoms with van der Waals surface area (Å²) in [5.74, 6) is 3.64. The van der Waals surface area contributed by atoms with E-state index in [1.54, 1.807) is 7.11 Å². The van der Waals surface area contributed by atoms with Crippen molar-refractivity contribution in [1.82, 2.24) is 4.90 Å². The summed E-state index contributed by atoms with van der Waals surface area (Å²) in [5.41, 5.74) is 1.34. The average Bonchev–Trinajstić information content (AvgIpc) is 2.78. The van der Waals surface area contributed by atoms with E-state index in [0.29, 0.717) is 6.04 Å². The Morgan fingerprint density at radius 3 is 2.81 bits per heavy atom. The molecular weight excluding hydrogens is 198 g/mol. The minimum atomic E-state index is 0.488. The molecule has 0 bridgehead atoms. The highest BCUT2D eigenvalue weighted by atomic mass is 16.5. The molecular formula is C14H17NO. The zero-order chi connectivity index (χ0) is 11.4. The lowest BCUT2D eigenvalue weighted by atomic mass is 10.0. The first-order valence-corrected chi connectivity index (χ1v) is 5.66. The Hall–Kier alpha value is -1.46. The third kappa shape index (κ3) is 2.20. The minimum Gasteiger partial charge on any atom is -0.497 e. The van der Waals surface area contributed by atoms with Crippen LogP contribution in [-0.4, -0.2) is 25.1 Å². The van der Waals surface area contributed by atoms with Gasteiger partial charge in [0.1, 0.15) is 5.75 Å². The van der Waals surface area contributed by atoms with Crippen LogP contribution in [0.1, 0.15) is 24.4 Å². The van der Waals surface area contributed by atoms with Crippen LogP contribution in [0.5, 0.6) is 5.75 Å². The molecule has 1 aliphatic rings. The Balaban J connectivity index is 2.13. The Labute approximate surface area is 97.2 Å². The number of likely N-dealkylation sites (tertiary alicyclic amines) is 1. The molecule has 0 radical (unpaired) electrons. The number of benzene rings is 1. The van der Waals surface area contributed by atoms with Gasteiger partial charge in [-0.15, -0.1) is 6.42 Å². The van der Waals surface area contributed by atoms with Crippen LogP contribution < -0.4 is 4.74 Å². The Morgan fingerprint density at radius 2 is 2.19 bits per heavy atom. The third-order valence-corrected chi connectivity index (χ3v) is 3.16. The van der Waals surface area contributed by atoms with Gasteiger partial charge in [-0.1, -0.05) is 18.1 Å². The maximum Gasteiger partial charge on any atom is 0.118 e. The van der Waals surface area contributed by atoms with Crippen LogP contribution in [0.4, 0.5) is 0 Å². The summed E-state index contributed by atoms with van der Waals surface area (Å²) in [6.07, 6.45) is 7.82. The number of rotatable bonds is 3. The number of ether oxygens (including phenoxy) is 1. The van der Waals surface area contributed by atoms with Gasteiger partial charge in [0, 0.05) is 6.04 Å². The molecule has 1 unspecified atom stereocenters. The van der Waals surface area contributed by atoms with Crippen LogP contribution in [0.3, 0.4) is 0 Å². The zero-order valence-electron chi connectivity index (χ0n) is 9.65. The van der Waals surface area contributed by atoms with Crippen molar-refractivity contribution in [3.05, 3.63) is 29.8 Å². The normalized spacial score (nSPS) is 20.6. The van der Waals surface area contributed by atoms with E-state index in [9.17, 15) is 0 Å². The van der Waals surface area contributed by atoms with Gasteiger partial charge >= 0.3 is 0 Å². The fourth-order valence-corrected chi connectivity index (χ4v) is 2.34. The maximum absolute atomic E-state index is 5.38. The van der Waals surface area contributed by atoms with Gasteiger partial charge in [0.05, 0.1) is 13.7 Å². The van der Waals surface area contributed by atoms with E-state index in [0.717, 1.165) is 18.8 Å². The first kappa shape index (κ1) is 11.0. The monoisotopic (exact) mass is 215 g/mol. The molecule has 2 rings (SSSR count). The van der Waals surface area contributed by atoms with Crippen molar-refractivity contribution in [2.75, 3.05) is 20.2 Å². The van der Waals surface area contributed by atoms with Crippen molar-refractivity contribution in [2.24, 2.45) is 0 Å². The lowest BCUT2D eigenvalue weighted by Crippen LogP contribution is -2.23. The van der Waals surface area contributed by atoms with Gasteiger partial charge in [-0.05, 0) is 37.1 Å². The third-order valence-electron chi connectivity index (χ3n) is 3.16. The largest absolute Gasteiger partial charge is 0.497 e. The number of hydrogen-bond acceptors (Lipinski definition) is 2. The van der Waals surface area contributed by atoms with E-state index in [2.05, 4.69) is 23.0 Å². The van der Waals surface area contributed by atoms with Crippen molar-refractivity contribution in [3.8, 4) is 18.1 Å². The molecule has 1 fully saturated rings. The number of hydrogen-bond donors (Lipinski definition) is 0. The van der Waals surface area contributed by atoms with Gasteiger partial charge < -0.3 is 4.74 Å². The highest BCUT2D eigenvalue weighted by Gasteiger charge is 2.24. The summed E-state index contributed by atoms with van der Waals surface area (Å²) in [5, 5.41) is 0. The molecule has 0 N–H and O–H groups in total. The van der Waals surface area contributed by atoms with Crippen LogP contribution >= 0.6 is 0 Å². The second-order valence-electron chi connectivity index (χ2n) is 4.11. The molecule has 1 aromatic carbocycles. The first-order valence-electron chi connectivity index (χ1n) is 5.66. The fourth-order valence-electron chi connectivity index (χ4n) is 2.34. The summed E-state index contributed by atoms with van der Waals surface area (Å²) in [6.45, 7) is 1.86. The smallest absolute Gasteiger partial charge is 0.118 e. The second-order valence-corrected chi connectivity index (χ2v) is 4.11. The number of terminal acetylenes is 1. The molecule has 84 valence electrons. The minimum absolute atomic E-state index is 0.488.